The van der Waals surface area contributed by atoms with Crippen LogP contribution in [-0.2, 0) is 9.53 Å². The third-order valence-corrected chi connectivity index (χ3v) is 3.97. The molecule has 1 aliphatic heterocycles. The molecule has 4 N–H and O–H groups in total. The molecule has 1 atom stereocenters. The van der Waals surface area contributed by atoms with Gasteiger partial charge in [-0.2, -0.15) is 5.10 Å². The van der Waals surface area contributed by atoms with Crippen molar-refractivity contribution in [2.24, 2.45) is 10.8 Å². The summed E-state index contributed by atoms with van der Waals surface area (Å²) in [6.07, 6.45) is 3.86. The van der Waals surface area contributed by atoms with Gasteiger partial charge >= 0.3 is 0 Å². The van der Waals surface area contributed by atoms with Crippen LogP contribution < -0.4 is 30.7 Å². The van der Waals surface area contributed by atoms with Crippen molar-refractivity contribution in [2.75, 3.05) is 34.0 Å². The standard InChI is InChI=1S/C17H24N4O5S/c1-23-13-6-11(7-14(24-2)16(13)26-10-15(18)22)8-20-21-17(27)19-9-12-4-3-5-25-12/h6-8,12H,3-5,9-10H2,1-2H3,(H2,18,22)(H2,19,21,27)/b20-8-/t12-/m1/s1. The first-order chi connectivity index (χ1) is 13.0. The lowest BCUT2D eigenvalue weighted by Crippen LogP contribution is -2.37. The Morgan fingerprint density at radius 1 is 1.41 bits per heavy atom. The number of hydrogen-bond donors (Lipinski definition) is 3. The number of hydrogen-bond acceptors (Lipinski definition) is 7. The van der Waals surface area contributed by atoms with E-state index in [2.05, 4.69) is 15.8 Å². The fraction of sp³-hybridized carbons (Fsp3) is 0.471. The lowest BCUT2D eigenvalue weighted by atomic mass is 10.2. The first-order valence-corrected chi connectivity index (χ1v) is 8.80. The number of primary amides is 1. The van der Waals surface area contributed by atoms with Gasteiger partial charge in [-0.1, -0.05) is 0 Å². The van der Waals surface area contributed by atoms with E-state index in [0.717, 1.165) is 19.4 Å². The van der Waals surface area contributed by atoms with Gasteiger partial charge in [-0.15, -0.1) is 0 Å². The lowest BCUT2D eigenvalue weighted by Gasteiger charge is -2.14. The maximum absolute atomic E-state index is 10.9. The molecule has 10 heteroatoms. The van der Waals surface area contributed by atoms with Crippen molar-refractivity contribution in [1.29, 1.82) is 0 Å². The average Bonchev–Trinajstić information content (AvgIpc) is 3.18. The smallest absolute Gasteiger partial charge is 0.255 e. The van der Waals surface area contributed by atoms with E-state index in [4.69, 9.17) is 36.9 Å². The Balaban J connectivity index is 1.96. The van der Waals surface area contributed by atoms with Crippen LogP contribution in [0, 0.1) is 0 Å². The molecule has 1 fully saturated rings. The van der Waals surface area contributed by atoms with Crippen LogP contribution in [0.1, 0.15) is 18.4 Å². The van der Waals surface area contributed by atoms with E-state index in [0.29, 0.717) is 28.7 Å². The van der Waals surface area contributed by atoms with Crippen molar-refractivity contribution in [2.45, 2.75) is 18.9 Å². The number of carbonyl (C=O) groups excluding carboxylic acids is 1. The Hall–Kier alpha value is -2.59. The van der Waals surface area contributed by atoms with Gasteiger partial charge in [-0.05, 0) is 37.2 Å². The van der Waals surface area contributed by atoms with Gasteiger partial charge in [0.1, 0.15) is 0 Å². The largest absolute Gasteiger partial charge is 0.493 e. The van der Waals surface area contributed by atoms with Crippen molar-refractivity contribution in [1.82, 2.24) is 10.7 Å². The topological polar surface area (TPSA) is 116 Å². The number of methoxy groups -OCH3 is 2. The van der Waals surface area contributed by atoms with Crippen LogP contribution in [0.5, 0.6) is 17.2 Å². The molecule has 0 saturated carbocycles. The number of ether oxygens (including phenoxy) is 4. The maximum Gasteiger partial charge on any atom is 0.255 e. The minimum absolute atomic E-state index is 0.190. The Kier molecular flexibility index (Phi) is 8.08. The van der Waals surface area contributed by atoms with Crippen molar-refractivity contribution >= 4 is 29.5 Å². The number of amides is 1. The van der Waals surface area contributed by atoms with Gasteiger partial charge in [-0.25, -0.2) is 0 Å². The van der Waals surface area contributed by atoms with Gasteiger partial charge in [-0.3, -0.25) is 10.2 Å². The third-order valence-electron chi connectivity index (χ3n) is 3.74. The molecule has 1 aromatic rings. The second kappa shape index (κ2) is 10.5. The Morgan fingerprint density at radius 3 is 2.67 bits per heavy atom. The van der Waals surface area contributed by atoms with Crippen molar-refractivity contribution in [3.63, 3.8) is 0 Å². The van der Waals surface area contributed by atoms with Crippen LogP contribution in [-0.4, -0.2) is 57.3 Å². The summed E-state index contributed by atoms with van der Waals surface area (Å²) in [5.41, 5.74) is 8.54. The molecule has 0 bridgehead atoms. The van der Waals surface area contributed by atoms with E-state index in [1.54, 1.807) is 18.3 Å². The van der Waals surface area contributed by atoms with Crippen molar-refractivity contribution in [3.8, 4) is 17.2 Å². The Labute approximate surface area is 163 Å². The molecule has 1 heterocycles. The van der Waals surface area contributed by atoms with Crippen LogP contribution in [0.2, 0.25) is 0 Å². The highest BCUT2D eigenvalue weighted by molar-refractivity contribution is 7.80. The van der Waals surface area contributed by atoms with E-state index in [1.165, 1.54) is 14.2 Å². The summed E-state index contributed by atoms with van der Waals surface area (Å²) in [7, 11) is 2.96. The summed E-state index contributed by atoms with van der Waals surface area (Å²) in [6.45, 7) is 1.16. The molecule has 0 unspecified atom stereocenters. The summed E-state index contributed by atoms with van der Waals surface area (Å²) in [5.74, 6) is 0.461. The molecule has 148 valence electrons. The maximum atomic E-state index is 10.9. The van der Waals surface area contributed by atoms with Gasteiger partial charge in [0.05, 0.1) is 26.5 Å². The monoisotopic (exact) mass is 396 g/mol. The number of nitrogens with zero attached hydrogens (tertiary/aromatic N) is 1. The molecule has 0 aromatic heterocycles. The predicted molar refractivity (Wildman–Crippen MR) is 105 cm³/mol. The minimum Gasteiger partial charge on any atom is -0.493 e. The molecule has 0 aliphatic carbocycles. The summed E-state index contributed by atoms with van der Waals surface area (Å²) in [5, 5.41) is 7.56. The molecular weight excluding hydrogens is 372 g/mol. The normalized spacial score (nSPS) is 16.1. The fourth-order valence-electron chi connectivity index (χ4n) is 2.48. The molecule has 1 aliphatic rings. The second-order valence-electron chi connectivity index (χ2n) is 5.72. The zero-order valence-electron chi connectivity index (χ0n) is 15.3. The summed E-state index contributed by atoms with van der Waals surface area (Å²) >= 11 is 5.18. The molecule has 9 nitrogen and oxygen atoms in total. The molecule has 0 radical (unpaired) electrons. The van der Waals surface area contributed by atoms with E-state index < -0.39 is 5.91 Å². The third kappa shape index (κ3) is 6.57. The van der Waals surface area contributed by atoms with E-state index in [-0.39, 0.29) is 18.5 Å². The number of nitrogens with one attached hydrogen (secondary N) is 2. The Morgan fingerprint density at radius 2 is 2.11 bits per heavy atom. The average molecular weight is 396 g/mol. The first-order valence-electron chi connectivity index (χ1n) is 8.39. The number of nitrogens with two attached hydrogens (primary N) is 1. The van der Waals surface area contributed by atoms with Crippen molar-refractivity contribution in [3.05, 3.63) is 17.7 Å². The molecular formula is C17H24N4O5S. The zero-order chi connectivity index (χ0) is 19.6. The molecule has 1 saturated heterocycles. The molecule has 0 spiro atoms. The van der Waals surface area contributed by atoms with Gasteiger partial charge in [0.2, 0.25) is 5.75 Å². The predicted octanol–water partition coefficient (Wildman–Crippen LogP) is 0.545. The summed E-state index contributed by atoms with van der Waals surface area (Å²) in [6, 6.07) is 3.37. The quantitative estimate of drug-likeness (QED) is 0.315. The Bertz CT molecular complexity index is 667. The molecule has 1 aromatic carbocycles. The van der Waals surface area contributed by atoms with Gasteiger partial charge in [0.15, 0.2) is 23.2 Å². The van der Waals surface area contributed by atoms with Crippen LogP contribution in [0.25, 0.3) is 0 Å². The van der Waals surface area contributed by atoms with E-state index >= 15 is 0 Å². The van der Waals surface area contributed by atoms with Crippen LogP contribution in [0.4, 0.5) is 0 Å². The second-order valence-corrected chi connectivity index (χ2v) is 6.13. The number of carbonyl (C=O) groups is 1. The zero-order valence-corrected chi connectivity index (χ0v) is 16.1. The molecule has 1 amide bonds. The summed E-state index contributed by atoms with van der Waals surface area (Å²) in [4.78, 5) is 10.9. The van der Waals surface area contributed by atoms with Crippen LogP contribution in [0.15, 0.2) is 17.2 Å². The van der Waals surface area contributed by atoms with Gasteiger partial charge < -0.3 is 30.0 Å². The number of thiocarbonyl (C=S) groups is 1. The highest BCUT2D eigenvalue weighted by atomic mass is 32.1. The minimum atomic E-state index is -0.599. The van der Waals surface area contributed by atoms with Crippen LogP contribution >= 0.6 is 12.2 Å². The lowest BCUT2D eigenvalue weighted by molar-refractivity contribution is -0.120. The van der Waals surface area contributed by atoms with Crippen molar-refractivity contribution < 1.29 is 23.7 Å². The fourth-order valence-corrected chi connectivity index (χ4v) is 2.61. The number of benzene rings is 1. The van der Waals surface area contributed by atoms with E-state index in [9.17, 15) is 4.79 Å². The highest BCUT2D eigenvalue weighted by Gasteiger charge is 2.16. The number of hydrazone groups is 1. The van der Waals surface area contributed by atoms with Crippen LogP contribution in [0.3, 0.4) is 0 Å². The SMILES string of the molecule is COc1cc(/C=N\NC(=S)NC[C@H]2CCCO2)cc(OC)c1OCC(N)=O. The van der Waals surface area contributed by atoms with E-state index in [1.807, 2.05) is 0 Å². The molecule has 2 rings (SSSR count). The van der Waals surface area contributed by atoms with Gasteiger partial charge in [0.25, 0.3) is 5.91 Å². The van der Waals surface area contributed by atoms with Gasteiger partial charge in [0, 0.05) is 18.7 Å². The first kappa shape index (κ1) is 20.7. The summed E-state index contributed by atoms with van der Waals surface area (Å²) < 4.78 is 21.5. The molecule has 27 heavy (non-hydrogen) atoms. The number of rotatable bonds is 9. The highest BCUT2D eigenvalue weighted by Crippen LogP contribution is 2.38.